The molecule has 0 aliphatic rings. The Morgan fingerprint density at radius 2 is 1.65 bits per heavy atom. The number of nitrogens with zero attached hydrogens (tertiary/aromatic N) is 1. The normalized spacial score (nSPS) is 11.1. The van der Waals surface area contributed by atoms with E-state index in [2.05, 4.69) is 4.98 Å². The van der Waals surface area contributed by atoms with Crippen molar-refractivity contribution in [2.75, 3.05) is 0 Å². The molecule has 0 aliphatic carbocycles. The lowest BCUT2D eigenvalue weighted by Gasteiger charge is -2.04. The summed E-state index contributed by atoms with van der Waals surface area (Å²) in [5, 5.41) is 2.04. The fraction of sp³-hybridized carbons (Fsp3) is 0.0526. The van der Waals surface area contributed by atoms with Crippen LogP contribution in [-0.2, 0) is 6.54 Å². The lowest BCUT2D eigenvalue weighted by Crippen LogP contribution is -2.21. The topological polar surface area (TPSA) is 54.9 Å². The van der Waals surface area contributed by atoms with Gasteiger partial charge in [0.05, 0.1) is 17.6 Å². The minimum Gasteiger partial charge on any atom is -0.305 e. The molecule has 0 spiro atoms. The third-order valence-electron chi connectivity index (χ3n) is 4.07. The van der Waals surface area contributed by atoms with Crippen molar-refractivity contribution in [1.29, 1.82) is 0 Å². The number of hydrogen-bond donors (Lipinski definition) is 1. The standard InChI is InChI=1S/C19H14N2O2/c22-17(14-7-2-1-3-8-14)12-21-16-11-10-13-6-4-5-9-15(13)18(16)20-19(21)23/h1-11H,12H2,(H,20,23). The van der Waals surface area contributed by atoms with E-state index in [1.807, 2.05) is 54.6 Å². The van der Waals surface area contributed by atoms with E-state index >= 15 is 0 Å². The van der Waals surface area contributed by atoms with Crippen molar-refractivity contribution < 1.29 is 4.79 Å². The summed E-state index contributed by atoms with van der Waals surface area (Å²) in [6.45, 7) is 0.0290. The van der Waals surface area contributed by atoms with Crippen LogP contribution in [0.5, 0.6) is 0 Å². The van der Waals surface area contributed by atoms with Crippen molar-refractivity contribution in [2.45, 2.75) is 6.54 Å². The molecule has 4 rings (SSSR count). The molecule has 0 saturated heterocycles. The molecule has 0 aliphatic heterocycles. The summed E-state index contributed by atoms with van der Waals surface area (Å²) >= 11 is 0. The average molecular weight is 302 g/mol. The Morgan fingerprint density at radius 1 is 0.913 bits per heavy atom. The average Bonchev–Trinajstić information content (AvgIpc) is 2.92. The molecule has 0 unspecified atom stereocenters. The zero-order chi connectivity index (χ0) is 15.8. The molecule has 112 valence electrons. The Kier molecular flexibility index (Phi) is 3.08. The number of benzene rings is 3. The van der Waals surface area contributed by atoms with Crippen LogP contribution in [0.4, 0.5) is 0 Å². The SMILES string of the molecule is O=C(Cn1c(=O)[nH]c2c3ccccc3ccc21)c1ccccc1. The predicted molar refractivity (Wildman–Crippen MR) is 90.8 cm³/mol. The van der Waals surface area contributed by atoms with Crippen molar-refractivity contribution in [3.63, 3.8) is 0 Å². The van der Waals surface area contributed by atoms with Gasteiger partial charge in [0.2, 0.25) is 0 Å². The Labute approximate surface area is 132 Å². The number of hydrogen-bond acceptors (Lipinski definition) is 2. The van der Waals surface area contributed by atoms with Crippen LogP contribution in [0.1, 0.15) is 10.4 Å². The monoisotopic (exact) mass is 302 g/mol. The number of aromatic nitrogens is 2. The first-order valence-corrected chi connectivity index (χ1v) is 7.42. The lowest BCUT2D eigenvalue weighted by atomic mass is 10.1. The Morgan fingerprint density at radius 3 is 2.48 bits per heavy atom. The van der Waals surface area contributed by atoms with E-state index in [-0.39, 0.29) is 18.0 Å². The quantitative estimate of drug-likeness (QED) is 0.590. The molecule has 1 heterocycles. The van der Waals surface area contributed by atoms with Crippen LogP contribution in [-0.4, -0.2) is 15.3 Å². The summed E-state index contributed by atoms with van der Waals surface area (Å²) in [6.07, 6.45) is 0. The molecule has 4 nitrogen and oxygen atoms in total. The van der Waals surface area contributed by atoms with Gasteiger partial charge in [-0.15, -0.1) is 0 Å². The van der Waals surface area contributed by atoms with E-state index in [4.69, 9.17) is 0 Å². The number of carbonyl (C=O) groups is 1. The second kappa shape index (κ2) is 5.25. The molecule has 0 amide bonds. The Balaban J connectivity index is 1.85. The maximum Gasteiger partial charge on any atom is 0.326 e. The second-order valence-corrected chi connectivity index (χ2v) is 5.49. The second-order valence-electron chi connectivity index (χ2n) is 5.49. The van der Waals surface area contributed by atoms with Crippen LogP contribution >= 0.6 is 0 Å². The highest BCUT2D eigenvalue weighted by molar-refractivity contribution is 6.04. The summed E-state index contributed by atoms with van der Waals surface area (Å²) in [4.78, 5) is 27.6. The van der Waals surface area contributed by atoms with Gasteiger partial charge in [0.1, 0.15) is 0 Å². The van der Waals surface area contributed by atoms with Crippen LogP contribution in [0.2, 0.25) is 0 Å². The van der Waals surface area contributed by atoms with E-state index in [9.17, 15) is 9.59 Å². The number of imidazole rings is 1. The molecule has 0 bridgehead atoms. The summed E-state index contributed by atoms with van der Waals surface area (Å²) in [5.41, 5.74) is 1.86. The van der Waals surface area contributed by atoms with Crippen molar-refractivity contribution in [3.05, 3.63) is 82.8 Å². The number of Topliss-reactive ketones (excluding diaryl/α,β-unsaturated/α-hetero) is 1. The molecule has 0 radical (unpaired) electrons. The zero-order valence-corrected chi connectivity index (χ0v) is 12.3. The number of fused-ring (bicyclic) bond motifs is 3. The van der Waals surface area contributed by atoms with E-state index in [0.29, 0.717) is 5.56 Å². The third-order valence-corrected chi connectivity index (χ3v) is 4.07. The number of carbonyl (C=O) groups excluding carboxylic acids is 1. The highest BCUT2D eigenvalue weighted by Gasteiger charge is 2.13. The van der Waals surface area contributed by atoms with Gasteiger partial charge in [0.25, 0.3) is 0 Å². The van der Waals surface area contributed by atoms with Gasteiger partial charge in [-0.1, -0.05) is 60.7 Å². The van der Waals surface area contributed by atoms with E-state index < -0.39 is 0 Å². The van der Waals surface area contributed by atoms with E-state index in [0.717, 1.165) is 21.8 Å². The first-order chi connectivity index (χ1) is 11.2. The van der Waals surface area contributed by atoms with Crippen LogP contribution in [0.15, 0.2) is 71.5 Å². The van der Waals surface area contributed by atoms with Crippen molar-refractivity contribution >= 4 is 27.6 Å². The van der Waals surface area contributed by atoms with Gasteiger partial charge in [-0.05, 0) is 11.5 Å². The highest BCUT2D eigenvalue weighted by Crippen LogP contribution is 2.22. The Bertz CT molecular complexity index is 1070. The Hall–Kier alpha value is -3.14. The molecule has 0 atom stereocenters. The molecule has 4 aromatic rings. The van der Waals surface area contributed by atoms with Gasteiger partial charge in [-0.2, -0.15) is 0 Å². The predicted octanol–water partition coefficient (Wildman–Crippen LogP) is 3.37. The first-order valence-electron chi connectivity index (χ1n) is 7.42. The highest BCUT2D eigenvalue weighted by atomic mass is 16.2. The molecule has 0 fully saturated rings. The van der Waals surface area contributed by atoms with Crippen molar-refractivity contribution in [2.24, 2.45) is 0 Å². The molecular weight excluding hydrogens is 288 g/mol. The fourth-order valence-corrected chi connectivity index (χ4v) is 2.92. The van der Waals surface area contributed by atoms with Gasteiger partial charge in [0, 0.05) is 10.9 Å². The first kappa shape index (κ1) is 13.5. The molecular formula is C19H14N2O2. The van der Waals surface area contributed by atoms with Gasteiger partial charge in [-0.3, -0.25) is 9.36 Å². The molecule has 1 N–H and O–H groups in total. The number of aromatic amines is 1. The van der Waals surface area contributed by atoms with E-state index in [1.54, 1.807) is 12.1 Å². The number of nitrogens with one attached hydrogen (secondary N) is 1. The number of H-pyrrole nitrogens is 1. The van der Waals surface area contributed by atoms with E-state index in [1.165, 1.54) is 4.57 Å². The maximum atomic E-state index is 12.4. The molecule has 4 heteroatoms. The van der Waals surface area contributed by atoms with Gasteiger partial charge in [0.15, 0.2) is 5.78 Å². The lowest BCUT2D eigenvalue weighted by molar-refractivity contribution is 0.0972. The maximum absolute atomic E-state index is 12.4. The smallest absolute Gasteiger partial charge is 0.305 e. The van der Waals surface area contributed by atoms with Crippen LogP contribution in [0.25, 0.3) is 21.8 Å². The van der Waals surface area contributed by atoms with Crippen LogP contribution in [0.3, 0.4) is 0 Å². The summed E-state index contributed by atoms with van der Waals surface area (Å²) in [7, 11) is 0. The van der Waals surface area contributed by atoms with Crippen molar-refractivity contribution in [1.82, 2.24) is 9.55 Å². The largest absolute Gasteiger partial charge is 0.326 e. The number of ketones is 1. The van der Waals surface area contributed by atoms with Crippen LogP contribution in [0, 0.1) is 0 Å². The molecule has 1 aromatic heterocycles. The minimum atomic E-state index is -0.263. The molecule has 23 heavy (non-hydrogen) atoms. The summed E-state index contributed by atoms with van der Waals surface area (Å²) in [6, 6.07) is 20.7. The van der Waals surface area contributed by atoms with Crippen LogP contribution < -0.4 is 5.69 Å². The fourth-order valence-electron chi connectivity index (χ4n) is 2.92. The number of rotatable bonds is 3. The summed E-state index contributed by atoms with van der Waals surface area (Å²) in [5.74, 6) is -0.0817. The minimum absolute atomic E-state index is 0.0290. The zero-order valence-electron chi connectivity index (χ0n) is 12.3. The molecule has 3 aromatic carbocycles. The third kappa shape index (κ3) is 2.25. The van der Waals surface area contributed by atoms with Crippen molar-refractivity contribution in [3.8, 4) is 0 Å². The summed E-state index contributed by atoms with van der Waals surface area (Å²) < 4.78 is 1.50. The van der Waals surface area contributed by atoms with Gasteiger partial charge < -0.3 is 4.98 Å². The van der Waals surface area contributed by atoms with Gasteiger partial charge in [-0.25, -0.2) is 4.79 Å². The van der Waals surface area contributed by atoms with Gasteiger partial charge >= 0.3 is 5.69 Å². The molecule has 0 saturated carbocycles.